The molecule has 0 bridgehead atoms. The fourth-order valence-corrected chi connectivity index (χ4v) is 1.28. The van der Waals surface area contributed by atoms with Crippen LogP contribution >= 0.6 is 0 Å². The zero-order chi connectivity index (χ0) is 8.43. The van der Waals surface area contributed by atoms with E-state index in [9.17, 15) is 9.50 Å². The van der Waals surface area contributed by atoms with Gasteiger partial charge in [0.25, 0.3) is 0 Å². The molecule has 1 unspecified atom stereocenters. The van der Waals surface area contributed by atoms with E-state index in [0.29, 0.717) is 6.54 Å². The normalized spacial score (nSPS) is 44.7. The number of likely N-dealkylation sites (N-methyl/N-ethyl adjacent to an activating group) is 1. The van der Waals surface area contributed by atoms with Crippen LogP contribution < -0.4 is 5.32 Å². The number of aliphatic hydroxyl groups excluding tert-OH is 1. The average molecular weight is 163 g/mol. The summed E-state index contributed by atoms with van der Waals surface area (Å²) in [5, 5.41) is 12.0. The Kier molecular flexibility index (Phi) is 2.81. The van der Waals surface area contributed by atoms with E-state index in [-0.39, 0.29) is 0 Å². The SMILES string of the molecule is CNC[C@H]1O[C@@H](C)[C@@H](F)C1O. The number of hydrogen-bond donors (Lipinski definition) is 2. The van der Waals surface area contributed by atoms with Crippen LogP contribution in [0.1, 0.15) is 6.92 Å². The molecule has 1 aliphatic heterocycles. The van der Waals surface area contributed by atoms with Crippen molar-refractivity contribution in [2.75, 3.05) is 13.6 Å². The third kappa shape index (κ3) is 1.69. The molecule has 0 aliphatic carbocycles. The van der Waals surface area contributed by atoms with Crippen molar-refractivity contribution >= 4 is 0 Å². The van der Waals surface area contributed by atoms with Gasteiger partial charge in [-0.25, -0.2) is 4.39 Å². The molecule has 0 saturated carbocycles. The second-order valence-corrected chi connectivity index (χ2v) is 2.87. The van der Waals surface area contributed by atoms with Gasteiger partial charge in [-0.05, 0) is 14.0 Å². The van der Waals surface area contributed by atoms with Gasteiger partial charge in [-0.1, -0.05) is 0 Å². The highest BCUT2D eigenvalue weighted by Gasteiger charge is 2.40. The van der Waals surface area contributed by atoms with E-state index in [1.165, 1.54) is 0 Å². The van der Waals surface area contributed by atoms with Crippen LogP contribution in [0, 0.1) is 0 Å². The lowest BCUT2D eigenvalue weighted by atomic mass is 10.1. The number of aliphatic hydroxyl groups is 1. The average Bonchev–Trinajstić information content (AvgIpc) is 2.19. The third-order valence-electron chi connectivity index (χ3n) is 1.95. The summed E-state index contributed by atoms with van der Waals surface area (Å²) in [4.78, 5) is 0. The molecule has 0 radical (unpaired) electrons. The highest BCUT2D eigenvalue weighted by molar-refractivity contribution is 4.89. The highest BCUT2D eigenvalue weighted by Crippen LogP contribution is 2.22. The smallest absolute Gasteiger partial charge is 0.154 e. The molecular weight excluding hydrogens is 149 g/mol. The molecule has 1 heterocycles. The van der Waals surface area contributed by atoms with Gasteiger partial charge in [-0.15, -0.1) is 0 Å². The third-order valence-corrected chi connectivity index (χ3v) is 1.95. The molecule has 0 amide bonds. The van der Waals surface area contributed by atoms with Crippen molar-refractivity contribution in [1.29, 1.82) is 0 Å². The molecule has 1 saturated heterocycles. The predicted molar refractivity (Wildman–Crippen MR) is 39.2 cm³/mol. The van der Waals surface area contributed by atoms with Crippen molar-refractivity contribution in [2.45, 2.75) is 31.4 Å². The minimum Gasteiger partial charge on any atom is -0.387 e. The second kappa shape index (κ2) is 3.47. The van der Waals surface area contributed by atoms with Crippen molar-refractivity contribution in [1.82, 2.24) is 5.32 Å². The lowest BCUT2D eigenvalue weighted by Gasteiger charge is -2.12. The topological polar surface area (TPSA) is 41.5 Å². The Bertz CT molecular complexity index is 134. The quantitative estimate of drug-likeness (QED) is 0.587. The lowest BCUT2D eigenvalue weighted by molar-refractivity contribution is 0.0182. The Morgan fingerprint density at radius 1 is 1.64 bits per heavy atom. The van der Waals surface area contributed by atoms with E-state index in [2.05, 4.69) is 5.32 Å². The highest BCUT2D eigenvalue weighted by atomic mass is 19.1. The summed E-state index contributed by atoms with van der Waals surface area (Å²) < 4.78 is 18.0. The molecule has 11 heavy (non-hydrogen) atoms. The zero-order valence-electron chi connectivity index (χ0n) is 6.75. The summed E-state index contributed by atoms with van der Waals surface area (Å²) in [5.74, 6) is 0. The van der Waals surface area contributed by atoms with E-state index >= 15 is 0 Å². The van der Waals surface area contributed by atoms with Crippen molar-refractivity contribution < 1.29 is 14.2 Å². The number of halogens is 1. The standard InChI is InChI=1S/C7H14FNO2/c1-4-6(8)7(10)5(11-4)3-9-2/h4-7,9-10H,3H2,1-2H3/t4-,5+,6+,7?/m0/s1. The van der Waals surface area contributed by atoms with Crippen LogP contribution in [0.2, 0.25) is 0 Å². The molecule has 1 aliphatic rings. The predicted octanol–water partition coefficient (Wildman–Crippen LogP) is -0.308. The molecule has 2 N–H and O–H groups in total. The summed E-state index contributed by atoms with van der Waals surface area (Å²) in [7, 11) is 1.74. The summed E-state index contributed by atoms with van der Waals surface area (Å²) in [6, 6.07) is 0. The monoisotopic (exact) mass is 163 g/mol. The second-order valence-electron chi connectivity index (χ2n) is 2.87. The molecule has 4 atom stereocenters. The maximum absolute atomic E-state index is 12.9. The van der Waals surface area contributed by atoms with Crippen LogP contribution in [-0.4, -0.2) is 43.2 Å². The molecule has 3 nitrogen and oxygen atoms in total. The lowest BCUT2D eigenvalue weighted by Crippen LogP contribution is -2.35. The van der Waals surface area contributed by atoms with Gasteiger partial charge in [0.05, 0.1) is 12.2 Å². The van der Waals surface area contributed by atoms with E-state index < -0.39 is 24.5 Å². The molecule has 0 aromatic heterocycles. The van der Waals surface area contributed by atoms with E-state index in [1.807, 2.05) is 0 Å². The van der Waals surface area contributed by atoms with Gasteiger partial charge in [0, 0.05) is 6.54 Å². The molecule has 0 aromatic rings. The Labute approximate surface area is 65.5 Å². The van der Waals surface area contributed by atoms with E-state index in [4.69, 9.17) is 4.74 Å². The Morgan fingerprint density at radius 2 is 2.27 bits per heavy atom. The van der Waals surface area contributed by atoms with Gasteiger partial charge in [0.1, 0.15) is 6.10 Å². The molecule has 66 valence electrons. The maximum Gasteiger partial charge on any atom is 0.154 e. The van der Waals surface area contributed by atoms with Gasteiger partial charge < -0.3 is 15.2 Å². The number of hydrogen-bond acceptors (Lipinski definition) is 3. The van der Waals surface area contributed by atoms with E-state index in [1.54, 1.807) is 14.0 Å². The summed E-state index contributed by atoms with van der Waals surface area (Å²) in [6.45, 7) is 2.12. The van der Waals surface area contributed by atoms with Crippen molar-refractivity contribution in [3.63, 3.8) is 0 Å². The van der Waals surface area contributed by atoms with Gasteiger partial charge in [0.2, 0.25) is 0 Å². The van der Waals surface area contributed by atoms with Gasteiger partial charge >= 0.3 is 0 Å². The first kappa shape index (κ1) is 8.90. The largest absolute Gasteiger partial charge is 0.387 e. The van der Waals surface area contributed by atoms with Crippen LogP contribution in [0.4, 0.5) is 4.39 Å². The van der Waals surface area contributed by atoms with Crippen LogP contribution in [0.5, 0.6) is 0 Å². The first-order valence-electron chi connectivity index (χ1n) is 3.79. The fourth-order valence-electron chi connectivity index (χ4n) is 1.28. The summed E-state index contributed by atoms with van der Waals surface area (Å²) in [6.07, 6.45) is -3.10. The molecular formula is C7H14FNO2. The molecule has 1 rings (SSSR count). The van der Waals surface area contributed by atoms with Crippen LogP contribution in [0.15, 0.2) is 0 Å². The molecule has 1 fully saturated rings. The van der Waals surface area contributed by atoms with Crippen molar-refractivity contribution in [2.24, 2.45) is 0 Å². The Morgan fingerprint density at radius 3 is 2.64 bits per heavy atom. The Hall–Kier alpha value is -0.190. The number of nitrogens with one attached hydrogen (secondary N) is 1. The van der Waals surface area contributed by atoms with Crippen molar-refractivity contribution in [3.05, 3.63) is 0 Å². The first-order valence-corrected chi connectivity index (χ1v) is 3.79. The summed E-state index contributed by atoms with van der Waals surface area (Å²) in [5.41, 5.74) is 0. The molecule has 4 heteroatoms. The van der Waals surface area contributed by atoms with Crippen molar-refractivity contribution in [3.8, 4) is 0 Å². The molecule has 0 spiro atoms. The van der Waals surface area contributed by atoms with E-state index in [0.717, 1.165) is 0 Å². The summed E-state index contributed by atoms with van der Waals surface area (Å²) >= 11 is 0. The van der Waals surface area contributed by atoms with Gasteiger partial charge in [-0.3, -0.25) is 0 Å². The molecule has 0 aromatic carbocycles. The van der Waals surface area contributed by atoms with Crippen LogP contribution in [-0.2, 0) is 4.74 Å². The maximum atomic E-state index is 12.9. The number of rotatable bonds is 2. The first-order chi connectivity index (χ1) is 5.16. The fraction of sp³-hybridized carbons (Fsp3) is 1.00. The minimum absolute atomic E-state index is 0.398. The van der Waals surface area contributed by atoms with Crippen LogP contribution in [0.3, 0.4) is 0 Å². The van der Waals surface area contributed by atoms with Gasteiger partial charge in [-0.2, -0.15) is 0 Å². The van der Waals surface area contributed by atoms with Gasteiger partial charge in [0.15, 0.2) is 6.17 Å². The number of alkyl halides is 1. The zero-order valence-corrected chi connectivity index (χ0v) is 6.75. The minimum atomic E-state index is -1.24. The van der Waals surface area contributed by atoms with Crippen LogP contribution in [0.25, 0.3) is 0 Å². The Balaban J connectivity index is 2.45. The number of ether oxygens (including phenoxy) is 1.